The molecule has 7 nitrogen and oxygen atoms in total. The first kappa shape index (κ1) is 37.1. The van der Waals surface area contributed by atoms with Crippen molar-refractivity contribution in [3.05, 3.63) is 210 Å². The van der Waals surface area contributed by atoms with Crippen molar-refractivity contribution < 1.29 is 0 Å². The third-order valence-corrected chi connectivity index (χ3v) is 12.7. The van der Waals surface area contributed by atoms with E-state index in [-0.39, 0.29) is 0 Å². The zero-order chi connectivity index (χ0) is 43.8. The molecule has 0 saturated heterocycles. The lowest BCUT2D eigenvalue weighted by Gasteiger charge is -2.15. The summed E-state index contributed by atoms with van der Waals surface area (Å²) < 4.78 is 6.67. The SMILES string of the molecule is N#Cc1cc(-c2ccccc2)cc(-c2ccc(-n3c4ccccc4c4c5c(c6ccccc6n5-c5ccccc5C#N)c5c(c6ccccc6n5-c5ccccc5C#N)c43)c(C#N)c2)c1. The number of hydrogen-bond donors (Lipinski definition) is 0. The van der Waals surface area contributed by atoms with Gasteiger partial charge in [0.2, 0.25) is 0 Å². The van der Waals surface area contributed by atoms with Crippen LogP contribution in [-0.2, 0) is 0 Å². The van der Waals surface area contributed by atoms with E-state index in [1.165, 1.54) is 0 Å². The van der Waals surface area contributed by atoms with E-state index < -0.39 is 0 Å². The largest absolute Gasteiger partial charge is 0.307 e. The van der Waals surface area contributed by atoms with Crippen LogP contribution in [0.3, 0.4) is 0 Å². The molecule has 0 N–H and O–H groups in total. The van der Waals surface area contributed by atoms with Crippen molar-refractivity contribution in [1.82, 2.24) is 13.7 Å². The van der Waals surface area contributed by atoms with Crippen LogP contribution in [0.25, 0.3) is 105 Å². The lowest BCUT2D eigenvalue weighted by Crippen LogP contribution is -2.01. The van der Waals surface area contributed by atoms with Crippen molar-refractivity contribution in [3.8, 4) is 63.6 Å². The molecule has 0 aliphatic rings. The average Bonchev–Trinajstić information content (AvgIpc) is 4.02. The Morgan fingerprint density at radius 1 is 0.292 bits per heavy atom. The monoisotopic (exact) mass is 825 g/mol. The second-order valence-electron chi connectivity index (χ2n) is 16.1. The van der Waals surface area contributed by atoms with Crippen molar-refractivity contribution in [2.24, 2.45) is 0 Å². The molecule has 65 heavy (non-hydrogen) atoms. The van der Waals surface area contributed by atoms with Crippen LogP contribution in [0.15, 0.2) is 188 Å². The van der Waals surface area contributed by atoms with Gasteiger partial charge in [-0.3, -0.25) is 0 Å². The average molecular weight is 826 g/mol. The Kier molecular flexibility index (Phi) is 8.27. The third kappa shape index (κ3) is 5.38. The van der Waals surface area contributed by atoms with E-state index in [2.05, 4.69) is 80.4 Å². The Balaban J connectivity index is 1.30. The molecule has 3 aromatic heterocycles. The molecule has 12 rings (SSSR count). The predicted octanol–water partition coefficient (Wildman–Crippen LogP) is 13.8. The number of hydrogen-bond acceptors (Lipinski definition) is 4. The summed E-state index contributed by atoms with van der Waals surface area (Å²) in [6, 6.07) is 72.0. The minimum Gasteiger partial charge on any atom is -0.307 e. The van der Waals surface area contributed by atoms with E-state index in [4.69, 9.17) is 0 Å². The lowest BCUT2D eigenvalue weighted by atomic mass is 9.95. The summed E-state index contributed by atoms with van der Waals surface area (Å²) in [7, 11) is 0. The van der Waals surface area contributed by atoms with E-state index in [1.54, 1.807) is 0 Å². The standard InChI is InChI=1S/C58H31N7/c59-32-36-28-41(37-14-2-1-3-15-37)31-42(29-36)38-26-27-49(43(30-38)35-62)65-52-25-13-8-20-46(52)55-57-53(44-18-6-11-23-50(44)63(57)47-21-9-4-16-39(47)33-60)56-54(58(55)65)45-19-7-12-24-51(45)64(56)48-22-10-5-17-40(48)34-61/h1-31H. The van der Waals surface area contributed by atoms with E-state index in [1.807, 2.05) is 146 Å². The van der Waals surface area contributed by atoms with Crippen LogP contribution < -0.4 is 0 Å². The van der Waals surface area contributed by atoms with Gasteiger partial charge in [0.05, 0.1) is 78.5 Å². The van der Waals surface area contributed by atoms with Gasteiger partial charge in [-0.15, -0.1) is 0 Å². The van der Waals surface area contributed by atoms with Gasteiger partial charge in [-0.1, -0.05) is 115 Å². The van der Waals surface area contributed by atoms with Gasteiger partial charge in [0.1, 0.15) is 18.2 Å². The molecule has 0 bridgehead atoms. The molecule has 0 radical (unpaired) electrons. The Labute approximate surface area is 372 Å². The predicted molar refractivity (Wildman–Crippen MR) is 259 cm³/mol. The summed E-state index contributed by atoms with van der Waals surface area (Å²) in [4.78, 5) is 0. The molecule has 3 heterocycles. The van der Waals surface area contributed by atoms with Crippen LogP contribution in [0.2, 0.25) is 0 Å². The molecule has 0 spiro atoms. The van der Waals surface area contributed by atoms with Crippen molar-refractivity contribution in [2.45, 2.75) is 0 Å². The Morgan fingerprint density at radius 2 is 0.692 bits per heavy atom. The normalized spacial score (nSPS) is 11.3. The van der Waals surface area contributed by atoms with Gasteiger partial charge in [0.15, 0.2) is 0 Å². The quantitative estimate of drug-likeness (QED) is 0.172. The molecular weight excluding hydrogens is 795 g/mol. The first-order chi connectivity index (χ1) is 32.1. The van der Waals surface area contributed by atoms with Crippen LogP contribution in [-0.4, -0.2) is 13.7 Å². The minimum absolute atomic E-state index is 0.455. The Morgan fingerprint density at radius 3 is 1.15 bits per heavy atom. The summed E-state index contributed by atoms with van der Waals surface area (Å²) in [5, 5.41) is 48.4. The van der Waals surface area contributed by atoms with E-state index >= 15 is 0 Å². The van der Waals surface area contributed by atoms with E-state index in [9.17, 15) is 21.0 Å². The Bertz CT molecular complexity index is 4080. The first-order valence-corrected chi connectivity index (χ1v) is 21.2. The van der Waals surface area contributed by atoms with Crippen molar-refractivity contribution >= 4 is 65.4 Å². The van der Waals surface area contributed by atoms with Crippen LogP contribution in [0.1, 0.15) is 22.3 Å². The molecule has 0 fully saturated rings. The Hall–Kier alpha value is -9.66. The smallest absolute Gasteiger partial charge is 0.101 e. The maximum absolute atomic E-state index is 11.2. The molecule has 9 aromatic carbocycles. The number of rotatable bonds is 5. The maximum Gasteiger partial charge on any atom is 0.101 e. The zero-order valence-corrected chi connectivity index (χ0v) is 34.5. The highest BCUT2D eigenvalue weighted by Crippen LogP contribution is 2.51. The molecular formula is C58H31N7. The van der Waals surface area contributed by atoms with Gasteiger partial charge in [0, 0.05) is 32.3 Å². The van der Waals surface area contributed by atoms with Gasteiger partial charge in [0.25, 0.3) is 0 Å². The second-order valence-corrected chi connectivity index (χ2v) is 16.1. The van der Waals surface area contributed by atoms with Crippen LogP contribution >= 0.6 is 0 Å². The fourth-order valence-electron chi connectivity index (χ4n) is 10.1. The summed E-state index contributed by atoms with van der Waals surface area (Å²) in [5.74, 6) is 0. The molecule has 0 saturated carbocycles. The zero-order valence-electron chi connectivity index (χ0n) is 34.5. The molecule has 298 valence electrons. The molecule has 0 aliphatic carbocycles. The number of aromatic nitrogens is 3. The summed E-state index contributed by atoms with van der Waals surface area (Å²) in [5.41, 5.74) is 13.2. The van der Waals surface area contributed by atoms with Gasteiger partial charge in [-0.2, -0.15) is 21.0 Å². The van der Waals surface area contributed by atoms with Crippen molar-refractivity contribution in [1.29, 1.82) is 21.0 Å². The van der Waals surface area contributed by atoms with Crippen LogP contribution in [0.5, 0.6) is 0 Å². The second kappa shape index (κ2) is 14.5. The molecule has 7 heteroatoms. The highest BCUT2D eigenvalue weighted by atomic mass is 15.1. The van der Waals surface area contributed by atoms with Crippen molar-refractivity contribution in [2.75, 3.05) is 0 Å². The van der Waals surface area contributed by atoms with Gasteiger partial charge < -0.3 is 13.7 Å². The fourth-order valence-corrected chi connectivity index (χ4v) is 10.1. The lowest BCUT2D eigenvalue weighted by molar-refractivity contribution is 1.16. The van der Waals surface area contributed by atoms with Crippen LogP contribution in [0.4, 0.5) is 0 Å². The number of nitrogens with zero attached hydrogens (tertiary/aromatic N) is 7. The molecule has 0 amide bonds. The number of nitriles is 4. The third-order valence-electron chi connectivity index (χ3n) is 12.7. The fraction of sp³-hybridized carbons (Fsp3) is 0. The maximum atomic E-state index is 11.2. The number of benzene rings is 9. The summed E-state index contributed by atoms with van der Waals surface area (Å²) in [6.07, 6.45) is 0. The topological polar surface area (TPSA) is 110 Å². The number of fused-ring (bicyclic) bond motifs is 12. The highest BCUT2D eigenvalue weighted by molar-refractivity contribution is 6.40. The molecule has 0 aliphatic heterocycles. The van der Waals surface area contributed by atoms with Crippen LogP contribution in [0, 0.1) is 45.3 Å². The van der Waals surface area contributed by atoms with Gasteiger partial charge >= 0.3 is 0 Å². The molecule has 12 aromatic rings. The summed E-state index contributed by atoms with van der Waals surface area (Å²) >= 11 is 0. The minimum atomic E-state index is 0.455. The summed E-state index contributed by atoms with van der Waals surface area (Å²) in [6.45, 7) is 0. The molecule has 0 atom stereocenters. The highest BCUT2D eigenvalue weighted by Gasteiger charge is 2.30. The molecule has 0 unspecified atom stereocenters. The van der Waals surface area contributed by atoms with Crippen molar-refractivity contribution in [3.63, 3.8) is 0 Å². The number of para-hydroxylation sites is 5. The van der Waals surface area contributed by atoms with E-state index in [0.717, 1.165) is 99.0 Å². The van der Waals surface area contributed by atoms with Gasteiger partial charge in [-0.05, 0) is 95.1 Å². The first-order valence-electron chi connectivity index (χ1n) is 21.2. The van der Waals surface area contributed by atoms with E-state index in [0.29, 0.717) is 27.9 Å². The van der Waals surface area contributed by atoms with Gasteiger partial charge in [-0.25, -0.2) is 0 Å².